The zero-order valence-electron chi connectivity index (χ0n) is 11.7. The molecule has 5 nitrogen and oxygen atoms in total. The molecule has 6 heteroatoms. The lowest BCUT2D eigenvalue weighted by Crippen LogP contribution is -2.23. The van der Waals surface area contributed by atoms with Gasteiger partial charge in [-0.3, -0.25) is 9.63 Å². The Balaban J connectivity index is 1.83. The first kappa shape index (κ1) is 15.9. The number of rotatable bonds is 8. The van der Waals surface area contributed by atoms with Gasteiger partial charge in [-0.2, -0.15) is 0 Å². The maximum atomic E-state index is 12.7. The van der Waals surface area contributed by atoms with Gasteiger partial charge in [-0.25, -0.2) is 4.39 Å². The largest absolute Gasteiger partial charge is 0.481 e. The molecule has 0 heterocycles. The molecule has 0 aromatic heterocycles. The van der Waals surface area contributed by atoms with Crippen LogP contribution in [0.25, 0.3) is 0 Å². The van der Waals surface area contributed by atoms with Crippen LogP contribution in [0, 0.1) is 5.82 Å². The van der Waals surface area contributed by atoms with E-state index in [0.29, 0.717) is 5.75 Å². The van der Waals surface area contributed by atoms with E-state index in [4.69, 9.17) is 14.8 Å². The molecule has 2 N–H and O–H groups in total. The fourth-order valence-electron chi connectivity index (χ4n) is 1.92. The van der Waals surface area contributed by atoms with Crippen LogP contribution < -0.4 is 10.5 Å². The van der Waals surface area contributed by atoms with Crippen molar-refractivity contribution in [2.24, 2.45) is 0 Å². The standard InChI is InChI=1S/C16H16FNO4/c17-14-6-8-15(9-7-14)22-18-21-11-13(10-16(19)20)12-4-2-1-3-5-12/h1-9,13,18H,10-11H2,(H,19,20). The number of carboxylic acids is 1. The third kappa shape index (κ3) is 5.16. The normalized spacial score (nSPS) is 11.9. The first-order valence-corrected chi connectivity index (χ1v) is 6.71. The summed E-state index contributed by atoms with van der Waals surface area (Å²) in [5, 5.41) is 8.96. The summed E-state index contributed by atoms with van der Waals surface area (Å²) in [6, 6.07) is 14.6. The van der Waals surface area contributed by atoms with Crippen molar-refractivity contribution in [2.45, 2.75) is 12.3 Å². The number of aliphatic carboxylic acids is 1. The van der Waals surface area contributed by atoms with Crippen molar-refractivity contribution >= 4 is 5.97 Å². The van der Waals surface area contributed by atoms with Gasteiger partial charge in [-0.05, 0) is 35.5 Å². The van der Waals surface area contributed by atoms with Crippen molar-refractivity contribution in [1.29, 1.82) is 0 Å². The fraction of sp³-hybridized carbons (Fsp3) is 0.188. The van der Waals surface area contributed by atoms with E-state index in [1.165, 1.54) is 24.3 Å². The molecular weight excluding hydrogens is 289 g/mol. The Morgan fingerprint density at radius 3 is 2.45 bits per heavy atom. The highest BCUT2D eigenvalue weighted by molar-refractivity contribution is 5.68. The highest BCUT2D eigenvalue weighted by Gasteiger charge is 2.16. The van der Waals surface area contributed by atoms with Crippen LogP contribution in [0.2, 0.25) is 0 Å². The Bertz CT molecular complexity index is 589. The summed E-state index contributed by atoms with van der Waals surface area (Å²) < 4.78 is 12.7. The molecule has 0 spiro atoms. The van der Waals surface area contributed by atoms with E-state index in [1.807, 2.05) is 30.3 Å². The molecule has 0 aliphatic heterocycles. The topological polar surface area (TPSA) is 67.8 Å². The van der Waals surface area contributed by atoms with E-state index in [2.05, 4.69) is 5.64 Å². The van der Waals surface area contributed by atoms with Gasteiger partial charge in [0.15, 0.2) is 0 Å². The maximum absolute atomic E-state index is 12.7. The van der Waals surface area contributed by atoms with Gasteiger partial charge in [0.05, 0.1) is 13.0 Å². The number of nitrogens with one attached hydrogen (secondary N) is 1. The third-order valence-electron chi connectivity index (χ3n) is 3.01. The summed E-state index contributed by atoms with van der Waals surface area (Å²) in [5.41, 5.74) is 3.15. The zero-order chi connectivity index (χ0) is 15.8. The predicted molar refractivity (Wildman–Crippen MR) is 77.6 cm³/mol. The van der Waals surface area contributed by atoms with Gasteiger partial charge in [-0.1, -0.05) is 30.3 Å². The third-order valence-corrected chi connectivity index (χ3v) is 3.01. The van der Waals surface area contributed by atoms with E-state index >= 15 is 0 Å². The molecule has 0 saturated heterocycles. The molecule has 116 valence electrons. The minimum absolute atomic E-state index is 0.0533. The smallest absolute Gasteiger partial charge is 0.304 e. The number of carboxylic acid groups (broad SMARTS) is 1. The molecule has 0 fully saturated rings. The molecule has 0 bridgehead atoms. The lowest BCUT2D eigenvalue weighted by Gasteiger charge is -2.15. The SMILES string of the molecule is O=C(O)CC(CONOc1ccc(F)cc1)c1ccccc1. The van der Waals surface area contributed by atoms with Gasteiger partial charge in [-0.15, -0.1) is 0 Å². The first-order chi connectivity index (χ1) is 10.6. The van der Waals surface area contributed by atoms with Crippen LogP contribution in [-0.2, 0) is 9.63 Å². The predicted octanol–water partition coefficient (Wildman–Crippen LogP) is 2.90. The Hall–Kier alpha value is -2.44. The number of carbonyl (C=O) groups is 1. The molecule has 2 aromatic rings. The van der Waals surface area contributed by atoms with Crippen molar-refractivity contribution in [3.63, 3.8) is 0 Å². The second-order valence-corrected chi connectivity index (χ2v) is 4.66. The van der Waals surface area contributed by atoms with Crippen molar-refractivity contribution in [2.75, 3.05) is 6.61 Å². The van der Waals surface area contributed by atoms with Crippen LogP contribution in [0.15, 0.2) is 54.6 Å². The molecule has 0 aliphatic rings. The van der Waals surface area contributed by atoms with E-state index in [-0.39, 0.29) is 24.8 Å². The first-order valence-electron chi connectivity index (χ1n) is 6.71. The van der Waals surface area contributed by atoms with E-state index in [9.17, 15) is 9.18 Å². The highest BCUT2D eigenvalue weighted by atomic mass is 19.1. The van der Waals surface area contributed by atoms with Crippen LogP contribution in [-0.4, -0.2) is 17.7 Å². The molecule has 2 aromatic carbocycles. The average Bonchev–Trinajstić information content (AvgIpc) is 2.52. The lowest BCUT2D eigenvalue weighted by molar-refractivity contribution is -0.140. The second kappa shape index (κ2) is 8.11. The van der Waals surface area contributed by atoms with Crippen LogP contribution in [0.4, 0.5) is 4.39 Å². The summed E-state index contributed by atoms with van der Waals surface area (Å²) in [6.07, 6.45) is -0.0533. The van der Waals surface area contributed by atoms with Gasteiger partial charge < -0.3 is 9.94 Å². The molecule has 2 rings (SSSR count). The quantitative estimate of drug-likeness (QED) is 0.580. The average molecular weight is 305 g/mol. The summed E-state index contributed by atoms with van der Waals surface area (Å²) in [5.74, 6) is -1.19. The lowest BCUT2D eigenvalue weighted by atomic mass is 9.97. The van der Waals surface area contributed by atoms with Crippen LogP contribution >= 0.6 is 0 Å². The highest BCUT2D eigenvalue weighted by Crippen LogP contribution is 2.19. The van der Waals surface area contributed by atoms with Crippen molar-refractivity contribution in [3.05, 3.63) is 66.0 Å². The molecule has 0 saturated carbocycles. The number of halogens is 1. The molecular formula is C16H16FNO4. The van der Waals surface area contributed by atoms with Crippen LogP contribution in [0.5, 0.6) is 5.75 Å². The van der Waals surface area contributed by atoms with E-state index in [1.54, 1.807) is 0 Å². The van der Waals surface area contributed by atoms with Gasteiger partial charge in [0.1, 0.15) is 11.6 Å². The van der Waals surface area contributed by atoms with Gasteiger partial charge in [0.25, 0.3) is 0 Å². The monoisotopic (exact) mass is 305 g/mol. The number of benzene rings is 2. The Morgan fingerprint density at radius 2 is 1.82 bits per heavy atom. The Labute approximate surface area is 127 Å². The summed E-state index contributed by atoms with van der Waals surface area (Å²) in [6.45, 7) is 0.123. The van der Waals surface area contributed by atoms with E-state index in [0.717, 1.165) is 5.56 Å². The molecule has 1 atom stereocenters. The molecule has 1 unspecified atom stereocenters. The van der Waals surface area contributed by atoms with Crippen LogP contribution in [0.3, 0.4) is 0 Å². The fourth-order valence-corrected chi connectivity index (χ4v) is 1.92. The summed E-state index contributed by atoms with van der Waals surface area (Å²) in [4.78, 5) is 21.1. The second-order valence-electron chi connectivity index (χ2n) is 4.66. The minimum Gasteiger partial charge on any atom is -0.481 e. The number of hydrogen-bond donors (Lipinski definition) is 2. The molecule has 0 radical (unpaired) electrons. The van der Waals surface area contributed by atoms with Gasteiger partial charge in [0.2, 0.25) is 0 Å². The van der Waals surface area contributed by atoms with Gasteiger partial charge in [0, 0.05) is 5.92 Å². The van der Waals surface area contributed by atoms with E-state index < -0.39 is 5.97 Å². The van der Waals surface area contributed by atoms with Crippen molar-refractivity contribution in [3.8, 4) is 5.75 Å². The van der Waals surface area contributed by atoms with Crippen LogP contribution in [0.1, 0.15) is 17.9 Å². The molecule has 0 aliphatic carbocycles. The Kier molecular flexibility index (Phi) is 5.88. The number of hydrogen-bond acceptors (Lipinski definition) is 4. The Morgan fingerprint density at radius 1 is 1.14 bits per heavy atom. The summed E-state index contributed by atoms with van der Waals surface area (Å²) in [7, 11) is 0. The van der Waals surface area contributed by atoms with Gasteiger partial charge >= 0.3 is 5.97 Å². The van der Waals surface area contributed by atoms with Crippen molar-refractivity contribution in [1.82, 2.24) is 5.64 Å². The summed E-state index contributed by atoms with van der Waals surface area (Å²) >= 11 is 0. The molecule has 0 amide bonds. The van der Waals surface area contributed by atoms with Crippen molar-refractivity contribution < 1.29 is 24.0 Å². The maximum Gasteiger partial charge on any atom is 0.304 e. The minimum atomic E-state index is -0.906. The zero-order valence-corrected chi connectivity index (χ0v) is 11.7. The molecule has 22 heavy (non-hydrogen) atoms.